The van der Waals surface area contributed by atoms with E-state index in [0.717, 1.165) is 16.8 Å². The second-order valence-electron chi connectivity index (χ2n) is 6.40. The first kappa shape index (κ1) is 18.2. The van der Waals surface area contributed by atoms with Crippen molar-refractivity contribution in [3.8, 4) is 0 Å². The third kappa shape index (κ3) is 4.94. The van der Waals surface area contributed by atoms with Crippen molar-refractivity contribution in [2.24, 2.45) is 5.92 Å². The van der Waals surface area contributed by atoms with E-state index in [4.69, 9.17) is 14.6 Å². The predicted octanol–water partition coefficient (Wildman–Crippen LogP) is 3.60. The summed E-state index contributed by atoms with van der Waals surface area (Å²) in [6, 6.07) is 16.8. The molecule has 1 aliphatic rings. The molecule has 0 fully saturated rings. The van der Waals surface area contributed by atoms with Gasteiger partial charge in [0.15, 0.2) is 5.76 Å². The third-order valence-electron chi connectivity index (χ3n) is 4.16. The minimum absolute atomic E-state index is 0.0229. The summed E-state index contributed by atoms with van der Waals surface area (Å²) in [6.07, 6.45) is 2.05. The average molecular weight is 353 g/mol. The van der Waals surface area contributed by atoms with Crippen LogP contribution >= 0.6 is 0 Å². The smallest absolute Gasteiger partial charge is 0.290 e. The molecule has 5 heteroatoms. The highest BCUT2D eigenvalue weighted by molar-refractivity contribution is 6.02. The number of aliphatic hydroxyl groups is 1. The Balaban J connectivity index is 1.57. The molecule has 0 saturated heterocycles. The molecule has 1 aliphatic heterocycles. The summed E-state index contributed by atoms with van der Waals surface area (Å²) < 4.78 is 11.6. The number of allylic oxidation sites excluding steroid dienone is 1. The van der Waals surface area contributed by atoms with Crippen LogP contribution in [-0.2, 0) is 27.5 Å². The fraction of sp³-hybridized carbons (Fsp3) is 0.286. The normalized spacial score (nSPS) is 19.4. The molecule has 2 N–H and O–H groups in total. The zero-order chi connectivity index (χ0) is 18.4. The minimum atomic E-state index is -0.468. The molecule has 5 nitrogen and oxygen atoms in total. The fourth-order valence-corrected chi connectivity index (χ4v) is 2.73. The Labute approximate surface area is 153 Å². The Kier molecular flexibility index (Phi) is 6.04. The van der Waals surface area contributed by atoms with Gasteiger partial charge in [-0.15, -0.1) is 0 Å². The van der Waals surface area contributed by atoms with E-state index in [1.165, 1.54) is 0 Å². The highest BCUT2D eigenvalue weighted by atomic mass is 16.7. The van der Waals surface area contributed by atoms with Crippen LogP contribution in [0.2, 0.25) is 0 Å². The molecule has 0 aliphatic carbocycles. The number of aliphatic hydroxyl groups excluding tert-OH is 1. The first-order valence-electron chi connectivity index (χ1n) is 8.69. The molecule has 2 atom stereocenters. The van der Waals surface area contributed by atoms with E-state index in [1.54, 1.807) is 0 Å². The second kappa shape index (κ2) is 8.65. The van der Waals surface area contributed by atoms with Crippen LogP contribution in [0, 0.1) is 5.92 Å². The standard InChI is InChI=1S/C21H23NO4/c1-15-11-19(21(24)22-18-5-3-2-4-6-18)26-20(12-15)25-14-17-9-7-16(13-23)8-10-17/h2-11,15,20,23H,12-14H2,1H3,(H,22,24)/t15-,20+/m1/s1. The van der Waals surface area contributed by atoms with Crippen LogP contribution in [0.4, 0.5) is 5.69 Å². The second-order valence-corrected chi connectivity index (χ2v) is 6.40. The number of nitrogens with one attached hydrogen (secondary N) is 1. The summed E-state index contributed by atoms with van der Waals surface area (Å²) in [5.41, 5.74) is 2.57. The lowest BCUT2D eigenvalue weighted by atomic mass is 10.0. The van der Waals surface area contributed by atoms with E-state index in [-0.39, 0.29) is 24.2 Å². The van der Waals surface area contributed by atoms with Crippen molar-refractivity contribution in [2.75, 3.05) is 5.32 Å². The van der Waals surface area contributed by atoms with Crippen molar-refractivity contribution in [3.05, 3.63) is 77.6 Å². The number of hydrogen-bond donors (Lipinski definition) is 2. The monoisotopic (exact) mass is 353 g/mol. The van der Waals surface area contributed by atoms with E-state index in [9.17, 15) is 4.79 Å². The van der Waals surface area contributed by atoms with Crippen LogP contribution < -0.4 is 5.32 Å². The van der Waals surface area contributed by atoms with E-state index in [0.29, 0.717) is 13.0 Å². The molecule has 0 aromatic heterocycles. The molecular formula is C21H23NO4. The lowest BCUT2D eigenvalue weighted by Crippen LogP contribution is -2.29. The summed E-state index contributed by atoms with van der Waals surface area (Å²) in [5, 5.41) is 11.9. The van der Waals surface area contributed by atoms with Crippen LogP contribution in [-0.4, -0.2) is 17.3 Å². The summed E-state index contributed by atoms with van der Waals surface area (Å²) >= 11 is 0. The van der Waals surface area contributed by atoms with Crippen molar-refractivity contribution >= 4 is 11.6 Å². The zero-order valence-electron chi connectivity index (χ0n) is 14.7. The fourth-order valence-electron chi connectivity index (χ4n) is 2.73. The molecule has 0 radical (unpaired) electrons. The minimum Gasteiger partial charge on any atom is -0.459 e. The lowest BCUT2D eigenvalue weighted by Gasteiger charge is -2.27. The number of hydrogen-bond acceptors (Lipinski definition) is 4. The number of carbonyl (C=O) groups excluding carboxylic acids is 1. The summed E-state index contributed by atoms with van der Waals surface area (Å²) in [7, 11) is 0. The van der Waals surface area contributed by atoms with Crippen molar-refractivity contribution < 1.29 is 19.4 Å². The van der Waals surface area contributed by atoms with Gasteiger partial charge in [0.2, 0.25) is 6.29 Å². The van der Waals surface area contributed by atoms with Gasteiger partial charge in [-0.25, -0.2) is 0 Å². The maximum atomic E-state index is 12.4. The van der Waals surface area contributed by atoms with Crippen molar-refractivity contribution in [1.29, 1.82) is 0 Å². The predicted molar refractivity (Wildman–Crippen MR) is 99.0 cm³/mol. The Morgan fingerprint density at radius 3 is 2.54 bits per heavy atom. The average Bonchev–Trinajstić information content (AvgIpc) is 2.67. The van der Waals surface area contributed by atoms with Gasteiger partial charge in [0.1, 0.15) is 0 Å². The van der Waals surface area contributed by atoms with Crippen LogP contribution in [0.3, 0.4) is 0 Å². The number of para-hydroxylation sites is 1. The van der Waals surface area contributed by atoms with Crippen LogP contribution in [0.1, 0.15) is 24.5 Å². The maximum absolute atomic E-state index is 12.4. The van der Waals surface area contributed by atoms with Gasteiger partial charge in [-0.1, -0.05) is 49.4 Å². The Morgan fingerprint density at radius 1 is 1.15 bits per heavy atom. The highest BCUT2D eigenvalue weighted by Gasteiger charge is 2.25. The SMILES string of the molecule is C[C@@H]1C=C(C(=O)Nc2ccccc2)O[C@H](OCc2ccc(CO)cc2)C1. The van der Waals surface area contributed by atoms with Gasteiger partial charge < -0.3 is 19.9 Å². The molecule has 0 bridgehead atoms. The molecule has 0 unspecified atom stereocenters. The number of rotatable bonds is 6. The van der Waals surface area contributed by atoms with E-state index in [1.807, 2.05) is 67.6 Å². The molecule has 0 spiro atoms. The molecule has 136 valence electrons. The Bertz CT molecular complexity index is 755. The zero-order valence-corrected chi connectivity index (χ0v) is 14.7. The lowest BCUT2D eigenvalue weighted by molar-refractivity contribution is -0.150. The Morgan fingerprint density at radius 2 is 1.85 bits per heavy atom. The van der Waals surface area contributed by atoms with Gasteiger partial charge >= 0.3 is 0 Å². The van der Waals surface area contributed by atoms with Crippen molar-refractivity contribution in [2.45, 2.75) is 32.8 Å². The van der Waals surface area contributed by atoms with Gasteiger partial charge in [-0.3, -0.25) is 4.79 Å². The largest absolute Gasteiger partial charge is 0.459 e. The van der Waals surface area contributed by atoms with Crippen molar-refractivity contribution in [1.82, 2.24) is 0 Å². The van der Waals surface area contributed by atoms with E-state index >= 15 is 0 Å². The number of carbonyl (C=O) groups is 1. The van der Waals surface area contributed by atoms with Gasteiger partial charge in [-0.2, -0.15) is 0 Å². The summed E-state index contributed by atoms with van der Waals surface area (Å²) in [4.78, 5) is 12.4. The molecule has 0 saturated carbocycles. The molecule has 26 heavy (non-hydrogen) atoms. The van der Waals surface area contributed by atoms with Crippen LogP contribution in [0.25, 0.3) is 0 Å². The number of ether oxygens (including phenoxy) is 2. The van der Waals surface area contributed by atoms with Gasteiger partial charge in [0.25, 0.3) is 5.91 Å². The first-order valence-corrected chi connectivity index (χ1v) is 8.69. The number of benzene rings is 2. The quantitative estimate of drug-likeness (QED) is 0.833. The number of amides is 1. The molecule has 3 rings (SSSR count). The summed E-state index contributed by atoms with van der Waals surface area (Å²) in [5.74, 6) is 0.193. The molecular weight excluding hydrogens is 330 g/mol. The van der Waals surface area contributed by atoms with Gasteiger partial charge in [0, 0.05) is 12.1 Å². The molecule has 2 aromatic carbocycles. The number of anilines is 1. The van der Waals surface area contributed by atoms with E-state index < -0.39 is 6.29 Å². The topological polar surface area (TPSA) is 67.8 Å². The van der Waals surface area contributed by atoms with Crippen molar-refractivity contribution in [3.63, 3.8) is 0 Å². The third-order valence-corrected chi connectivity index (χ3v) is 4.16. The molecule has 1 amide bonds. The first-order chi connectivity index (χ1) is 12.6. The van der Waals surface area contributed by atoms with Crippen LogP contribution in [0.5, 0.6) is 0 Å². The maximum Gasteiger partial charge on any atom is 0.290 e. The van der Waals surface area contributed by atoms with Gasteiger partial charge in [-0.05, 0) is 35.3 Å². The van der Waals surface area contributed by atoms with Gasteiger partial charge in [0.05, 0.1) is 13.2 Å². The summed E-state index contributed by atoms with van der Waals surface area (Å²) in [6.45, 7) is 2.44. The van der Waals surface area contributed by atoms with Crippen LogP contribution in [0.15, 0.2) is 66.4 Å². The molecule has 1 heterocycles. The molecule has 2 aromatic rings. The van der Waals surface area contributed by atoms with E-state index in [2.05, 4.69) is 5.32 Å². The highest BCUT2D eigenvalue weighted by Crippen LogP contribution is 2.24. The Hall–Kier alpha value is -2.63.